The lowest BCUT2D eigenvalue weighted by Crippen LogP contribution is -2.42. The molecule has 0 bridgehead atoms. The molecule has 2 heteroatoms. The van der Waals surface area contributed by atoms with Gasteiger partial charge in [-0.2, -0.15) is 0 Å². The Kier molecular flexibility index (Phi) is 2.44. The summed E-state index contributed by atoms with van der Waals surface area (Å²) in [6.45, 7) is 2.43. The molecule has 0 radical (unpaired) electrons. The van der Waals surface area contributed by atoms with Crippen molar-refractivity contribution in [3.8, 4) is 0 Å². The summed E-state index contributed by atoms with van der Waals surface area (Å²) >= 11 is 0. The summed E-state index contributed by atoms with van der Waals surface area (Å²) < 4.78 is 0. The lowest BCUT2D eigenvalue weighted by Gasteiger charge is -2.23. The van der Waals surface area contributed by atoms with E-state index in [9.17, 15) is 0 Å². The third kappa shape index (κ3) is 2.46. The largest absolute Gasteiger partial charge is 0.313 e. The van der Waals surface area contributed by atoms with Gasteiger partial charge in [0.15, 0.2) is 0 Å². The number of rotatable bonds is 3. The maximum atomic E-state index is 3.56. The van der Waals surface area contributed by atoms with Crippen LogP contribution in [0.3, 0.4) is 0 Å². The molecular weight excluding hydrogens is 136 g/mol. The molecule has 1 heterocycles. The molecule has 2 rings (SSSR count). The van der Waals surface area contributed by atoms with E-state index in [1.165, 1.54) is 45.2 Å². The fraction of sp³-hybridized carbons (Fsp3) is 1.00. The minimum Gasteiger partial charge on any atom is -0.313 e. The summed E-state index contributed by atoms with van der Waals surface area (Å²) in [5.74, 6) is 0. The second kappa shape index (κ2) is 3.55. The Morgan fingerprint density at radius 1 is 1.18 bits per heavy atom. The van der Waals surface area contributed by atoms with Gasteiger partial charge < -0.3 is 10.6 Å². The Bertz CT molecular complexity index is 115. The van der Waals surface area contributed by atoms with Crippen molar-refractivity contribution in [2.24, 2.45) is 0 Å². The number of hydrogen-bond acceptors (Lipinski definition) is 2. The average Bonchev–Trinajstić information content (AvgIpc) is 2.86. The smallest absolute Gasteiger partial charge is 0.0192 e. The highest BCUT2D eigenvalue weighted by atomic mass is 15.0. The van der Waals surface area contributed by atoms with Crippen LogP contribution >= 0.6 is 0 Å². The maximum absolute atomic E-state index is 3.56. The molecule has 64 valence electrons. The van der Waals surface area contributed by atoms with Gasteiger partial charge in [0, 0.05) is 18.6 Å². The minimum atomic E-state index is 0.768. The number of nitrogens with one attached hydrogen (secondary N) is 2. The van der Waals surface area contributed by atoms with Crippen molar-refractivity contribution in [2.75, 3.05) is 13.1 Å². The van der Waals surface area contributed by atoms with Gasteiger partial charge in [0.2, 0.25) is 0 Å². The molecule has 1 atom stereocenters. The molecule has 11 heavy (non-hydrogen) atoms. The fourth-order valence-corrected chi connectivity index (χ4v) is 1.69. The van der Waals surface area contributed by atoms with Crippen LogP contribution in [0.15, 0.2) is 0 Å². The summed E-state index contributed by atoms with van der Waals surface area (Å²) in [6.07, 6.45) is 6.99. The SMILES string of the molecule is C1CC[C@@H](CNC2CC2)NC1. The van der Waals surface area contributed by atoms with Crippen molar-refractivity contribution in [1.29, 1.82) is 0 Å². The van der Waals surface area contributed by atoms with Crippen molar-refractivity contribution in [3.63, 3.8) is 0 Å². The van der Waals surface area contributed by atoms with Crippen LogP contribution < -0.4 is 10.6 Å². The van der Waals surface area contributed by atoms with Crippen LogP contribution in [-0.2, 0) is 0 Å². The van der Waals surface area contributed by atoms with Crippen LogP contribution in [0.25, 0.3) is 0 Å². The first-order chi connectivity index (χ1) is 5.45. The molecule has 2 fully saturated rings. The van der Waals surface area contributed by atoms with E-state index in [0.717, 1.165) is 12.1 Å². The van der Waals surface area contributed by atoms with Gasteiger partial charge >= 0.3 is 0 Å². The molecule has 0 aromatic carbocycles. The molecular formula is C9H18N2. The highest BCUT2D eigenvalue weighted by molar-refractivity contribution is 4.84. The van der Waals surface area contributed by atoms with Crippen LogP contribution in [0.2, 0.25) is 0 Å². The molecule has 0 spiro atoms. The zero-order valence-corrected chi connectivity index (χ0v) is 7.10. The predicted molar refractivity (Wildman–Crippen MR) is 46.7 cm³/mol. The second-order valence-electron chi connectivity index (χ2n) is 3.83. The zero-order valence-electron chi connectivity index (χ0n) is 7.10. The van der Waals surface area contributed by atoms with E-state index in [-0.39, 0.29) is 0 Å². The molecule has 2 N–H and O–H groups in total. The molecule has 1 saturated carbocycles. The highest BCUT2D eigenvalue weighted by Crippen LogP contribution is 2.18. The van der Waals surface area contributed by atoms with Gasteiger partial charge in [-0.05, 0) is 32.2 Å². The molecule has 0 amide bonds. The van der Waals surface area contributed by atoms with Crippen LogP contribution in [0.5, 0.6) is 0 Å². The van der Waals surface area contributed by atoms with Crippen LogP contribution in [0, 0.1) is 0 Å². The average molecular weight is 154 g/mol. The van der Waals surface area contributed by atoms with Crippen molar-refractivity contribution in [2.45, 2.75) is 44.2 Å². The number of hydrogen-bond donors (Lipinski definition) is 2. The first-order valence-corrected chi connectivity index (χ1v) is 4.92. The monoisotopic (exact) mass is 154 g/mol. The van der Waals surface area contributed by atoms with Gasteiger partial charge in [-0.1, -0.05) is 6.42 Å². The first kappa shape index (κ1) is 7.56. The Morgan fingerprint density at radius 3 is 2.73 bits per heavy atom. The van der Waals surface area contributed by atoms with Crippen molar-refractivity contribution >= 4 is 0 Å². The lowest BCUT2D eigenvalue weighted by atomic mass is 10.1. The van der Waals surface area contributed by atoms with Gasteiger partial charge in [-0.3, -0.25) is 0 Å². The molecule has 0 aromatic heterocycles. The third-order valence-electron chi connectivity index (χ3n) is 2.64. The Morgan fingerprint density at radius 2 is 2.09 bits per heavy atom. The standard InChI is InChI=1S/C9H18N2/c1-2-6-10-9(3-1)7-11-8-4-5-8/h8-11H,1-7H2/t9-/m0/s1. The summed E-state index contributed by atoms with van der Waals surface area (Å²) in [7, 11) is 0. The van der Waals surface area contributed by atoms with Crippen molar-refractivity contribution < 1.29 is 0 Å². The van der Waals surface area contributed by atoms with E-state index in [2.05, 4.69) is 10.6 Å². The molecule has 1 aliphatic carbocycles. The minimum absolute atomic E-state index is 0.768. The quantitative estimate of drug-likeness (QED) is 0.630. The maximum Gasteiger partial charge on any atom is 0.0192 e. The Hall–Kier alpha value is -0.0800. The fourth-order valence-electron chi connectivity index (χ4n) is 1.69. The first-order valence-electron chi connectivity index (χ1n) is 4.92. The highest BCUT2D eigenvalue weighted by Gasteiger charge is 2.22. The van der Waals surface area contributed by atoms with Crippen LogP contribution in [-0.4, -0.2) is 25.2 Å². The summed E-state index contributed by atoms with van der Waals surface area (Å²) in [5, 5.41) is 7.10. The lowest BCUT2D eigenvalue weighted by molar-refractivity contribution is 0.383. The van der Waals surface area contributed by atoms with Crippen LogP contribution in [0.1, 0.15) is 32.1 Å². The summed E-state index contributed by atoms with van der Waals surface area (Å²) in [4.78, 5) is 0. The topological polar surface area (TPSA) is 24.1 Å². The van der Waals surface area contributed by atoms with E-state index in [0.29, 0.717) is 0 Å². The van der Waals surface area contributed by atoms with E-state index >= 15 is 0 Å². The molecule has 2 aliphatic rings. The van der Waals surface area contributed by atoms with Gasteiger partial charge in [0.05, 0.1) is 0 Å². The number of piperidine rings is 1. The molecule has 0 unspecified atom stereocenters. The van der Waals surface area contributed by atoms with Gasteiger partial charge in [-0.15, -0.1) is 0 Å². The zero-order chi connectivity index (χ0) is 7.52. The Labute approximate surface area is 68.7 Å². The van der Waals surface area contributed by atoms with Crippen LogP contribution in [0.4, 0.5) is 0 Å². The van der Waals surface area contributed by atoms with Crippen molar-refractivity contribution in [1.82, 2.24) is 10.6 Å². The van der Waals surface area contributed by atoms with Gasteiger partial charge in [0.1, 0.15) is 0 Å². The van der Waals surface area contributed by atoms with E-state index in [4.69, 9.17) is 0 Å². The predicted octanol–water partition coefficient (Wildman–Crippen LogP) is 0.880. The third-order valence-corrected chi connectivity index (χ3v) is 2.64. The molecule has 2 nitrogen and oxygen atoms in total. The molecule has 1 aliphatic heterocycles. The second-order valence-corrected chi connectivity index (χ2v) is 3.83. The van der Waals surface area contributed by atoms with Gasteiger partial charge in [0.25, 0.3) is 0 Å². The normalized spacial score (nSPS) is 32.2. The molecule has 0 aromatic rings. The van der Waals surface area contributed by atoms with E-state index in [1.807, 2.05) is 0 Å². The van der Waals surface area contributed by atoms with E-state index in [1.54, 1.807) is 0 Å². The van der Waals surface area contributed by atoms with Gasteiger partial charge in [-0.25, -0.2) is 0 Å². The van der Waals surface area contributed by atoms with Crippen molar-refractivity contribution in [3.05, 3.63) is 0 Å². The van der Waals surface area contributed by atoms with E-state index < -0.39 is 0 Å². The Balaban J connectivity index is 1.59. The molecule has 1 saturated heterocycles. The summed E-state index contributed by atoms with van der Waals surface area (Å²) in [5.41, 5.74) is 0. The summed E-state index contributed by atoms with van der Waals surface area (Å²) in [6, 6.07) is 1.64.